The molecule has 4 nitrogen and oxygen atoms in total. The van der Waals surface area contributed by atoms with Gasteiger partial charge in [-0.25, -0.2) is 0 Å². The predicted molar refractivity (Wildman–Crippen MR) is 82.7 cm³/mol. The van der Waals surface area contributed by atoms with Crippen LogP contribution in [0.15, 0.2) is 16.7 Å². The molecule has 1 aliphatic carbocycles. The first-order valence-electron chi connectivity index (χ1n) is 6.52. The van der Waals surface area contributed by atoms with E-state index in [1.807, 2.05) is 23.8 Å². The molecule has 6 heteroatoms. The number of nitrogens with zero attached hydrogens (tertiary/aromatic N) is 1. The molecule has 2 atom stereocenters. The van der Waals surface area contributed by atoms with Gasteiger partial charge in [0.25, 0.3) is 5.91 Å². The van der Waals surface area contributed by atoms with Crippen molar-refractivity contribution in [1.82, 2.24) is 9.88 Å². The van der Waals surface area contributed by atoms with E-state index in [9.17, 15) is 4.79 Å². The summed E-state index contributed by atoms with van der Waals surface area (Å²) in [7, 11) is 0. The van der Waals surface area contributed by atoms with Gasteiger partial charge in [0.2, 0.25) is 0 Å². The Bertz CT molecular complexity index is 436. The maximum atomic E-state index is 12.3. The van der Waals surface area contributed by atoms with Crippen LogP contribution in [0.4, 0.5) is 0 Å². The van der Waals surface area contributed by atoms with E-state index in [-0.39, 0.29) is 24.4 Å². The summed E-state index contributed by atoms with van der Waals surface area (Å²) in [5.74, 6) is 0.440. The molecule has 1 saturated carbocycles. The second kappa shape index (κ2) is 7.31. The number of nitrogens with two attached hydrogens (primary N) is 1. The number of hydrogen-bond acceptors (Lipinski definition) is 2. The lowest BCUT2D eigenvalue weighted by Crippen LogP contribution is -2.40. The highest BCUT2D eigenvalue weighted by Crippen LogP contribution is 2.25. The minimum Gasteiger partial charge on any atom is -0.348 e. The van der Waals surface area contributed by atoms with Gasteiger partial charge in [-0.05, 0) is 54.2 Å². The normalized spacial score (nSPS) is 22.1. The Morgan fingerprint density at radius 3 is 2.95 bits per heavy atom. The van der Waals surface area contributed by atoms with Crippen molar-refractivity contribution in [2.75, 3.05) is 6.54 Å². The molecule has 2 unspecified atom stereocenters. The highest BCUT2D eigenvalue weighted by molar-refractivity contribution is 9.10. The fourth-order valence-electron chi connectivity index (χ4n) is 2.68. The van der Waals surface area contributed by atoms with Crippen LogP contribution in [0.1, 0.15) is 36.7 Å². The second-order valence-electron chi connectivity index (χ2n) is 4.84. The van der Waals surface area contributed by atoms with Crippen LogP contribution >= 0.6 is 28.3 Å². The van der Waals surface area contributed by atoms with Crippen molar-refractivity contribution in [3.8, 4) is 0 Å². The highest BCUT2D eigenvalue weighted by atomic mass is 79.9. The molecule has 0 spiro atoms. The monoisotopic (exact) mass is 349 g/mol. The topological polar surface area (TPSA) is 60.0 Å². The van der Waals surface area contributed by atoms with E-state index in [0.717, 1.165) is 30.3 Å². The van der Waals surface area contributed by atoms with Crippen molar-refractivity contribution in [1.29, 1.82) is 0 Å². The molecular weight excluding hydrogens is 330 g/mol. The summed E-state index contributed by atoms with van der Waals surface area (Å²) in [6, 6.07) is 2.10. The van der Waals surface area contributed by atoms with E-state index in [2.05, 4.69) is 21.2 Å². The van der Waals surface area contributed by atoms with Crippen LogP contribution in [0.2, 0.25) is 0 Å². The van der Waals surface area contributed by atoms with E-state index in [1.54, 1.807) is 0 Å². The lowest BCUT2D eigenvalue weighted by molar-refractivity contribution is 0.0919. The number of halogens is 2. The number of carbonyl (C=O) groups is 1. The van der Waals surface area contributed by atoms with Crippen LogP contribution in [0.5, 0.6) is 0 Å². The van der Waals surface area contributed by atoms with Gasteiger partial charge in [0.05, 0.1) is 0 Å². The van der Waals surface area contributed by atoms with Crippen molar-refractivity contribution >= 4 is 34.2 Å². The molecule has 19 heavy (non-hydrogen) atoms. The van der Waals surface area contributed by atoms with Crippen molar-refractivity contribution < 1.29 is 4.79 Å². The third-order valence-electron chi connectivity index (χ3n) is 3.71. The predicted octanol–water partition coefficient (Wildman–Crippen LogP) is 2.55. The van der Waals surface area contributed by atoms with Crippen LogP contribution in [0, 0.1) is 5.92 Å². The number of carbonyl (C=O) groups excluding carboxylic acids is 1. The fourth-order valence-corrected chi connectivity index (χ4v) is 3.14. The molecule has 0 aromatic carbocycles. The number of nitrogens with one attached hydrogen (secondary N) is 1. The van der Waals surface area contributed by atoms with Gasteiger partial charge in [-0.2, -0.15) is 0 Å². The van der Waals surface area contributed by atoms with Crippen molar-refractivity contribution in [3.05, 3.63) is 22.4 Å². The van der Waals surface area contributed by atoms with Crippen LogP contribution < -0.4 is 11.1 Å². The molecule has 0 radical (unpaired) electrons. The molecule has 0 saturated heterocycles. The van der Waals surface area contributed by atoms with Gasteiger partial charge in [-0.1, -0.05) is 6.42 Å². The summed E-state index contributed by atoms with van der Waals surface area (Å²) in [4.78, 5) is 12.3. The third kappa shape index (κ3) is 3.74. The van der Waals surface area contributed by atoms with Gasteiger partial charge in [0.15, 0.2) is 0 Å². The molecule has 0 aliphatic heterocycles. The Morgan fingerprint density at radius 1 is 1.58 bits per heavy atom. The van der Waals surface area contributed by atoms with Crippen LogP contribution in [0.25, 0.3) is 0 Å². The summed E-state index contributed by atoms with van der Waals surface area (Å²) in [6.45, 7) is 3.48. The van der Waals surface area contributed by atoms with Gasteiger partial charge < -0.3 is 15.6 Å². The Kier molecular flexibility index (Phi) is 6.36. The largest absolute Gasteiger partial charge is 0.348 e. The van der Waals surface area contributed by atoms with E-state index in [1.165, 1.54) is 0 Å². The number of aryl methyl sites for hydroxylation is 1. The van der Waals surface area contributed by atoms with Crippen LogP contribution in [-0.4, -0.2) is 23.1 Å². The number of hydrogen-bond donors (Lipinski definition) is 2. The van der Waals surface area contributed by atoms with Gasteiger partial charge >= 0.3 is 0 Å². The average Bonchev–Trinajstić information content (AvgIpc) is 2.94. The maximum absolute atomic E-state index is 12.3. The minimum absolute atomic E-state index is 0. The maximum Gasteiger partial charge on any atom is 0.268 e. The molecule has 1 heterocycles. The molecule has 2 rings (SSSR count). The van der Waals surface area contributed by atoms with Crippen molar-refractivity contribution in [2.24, 2.45) is 11.7 Å². The zero-order valence-corrected chi connectivity index (χ0v) is 13.5. The van der Waals surface area contributed by atoms with Crippen LogP contribution in [-0.2, 0) is 6.54 Å². The molecule has 1 aromatic heterocycles. The Morgan fingerprint density at radius 2 is 2.32 bits per heavy atom. The third-order valence-corrected chi connectivity index (χ3v) is 4.15. The first-order chi connectivity index (χ1) is 8.65. The van der Waals surface area contributed by atoms with E-state index in [4.69, 9.17) is 5.73 Å². The van der Waals surface area contributed by atoms with Crippen molar-refractivity contribution in [2.45, 2.75) is 38.8 Å². The standard InChI is InChI=1S/C13H20BrN3O.ClH/c1-2-17-8-10(14)6-12(17)13(18)16-11-5-3-4-9(11)7-15;/h6,8-9,11H,2-5,7,15H2,1H3,(H,16,18);1H. The number of amides is 1. The summed E-state index contributed by atoms with van der Waals surface area (Å²) in [5, 5.41) is 3.12. The summed E-state index contributed by atoms with van der Waals surface area (Å²) in [6.07, 6.45) is 5.26. The van der Waals surface area contributed by atoms with Crippen LogP contribution in [0.3, 0.4) is 0 Å². The molecule has 108 valence electrons. The minimum atomic E-state index is 0. The van der Waals surface area contributed by atoms with Gasteiger partial charge in [0.1, 0.15) is 5.69 Å². The van der Waals surface area contributed by atoms with Gasteiger partial charge in [-0.15, -0.1) is 12.4 Å². The Hall–Kier alpha value is -0.520. The Labute approximate surface area is 128 Å². The molecular formula is C13H21BrClN3O. The molecule has 0 bridgehead atoms. The first kappa shape index (κ1) is 16.5. The molecule has 1 aliphatic rings. The van der Waals surface area contributed by atoms with E-state index in [0.29, 0.717) is 18.2 Å². The molecule has 1 aromatic rings. The lowest BCUT2D eigenvalue weighted by atomic mass is 10.0. The first-order valence-corrected chi connectivity index (χ1v) is 7.31. The SMILES string of the molecule is CCn1cc(Br)cc1C(=O)NC1CCCC1CN.Cl. The summed E-state index contributed by atoms with van der Waals surface area (Å²) < 4.78 is 2.89. The number of rotatable bonds is 4. The van der Waals surface area contributed by atoms with E-state index >= 15 is 0 Å². The second-order valence-corrected chi connectivity index (χ2v) is 5.75. The average molecular weight is 351 g/mol. The molecule has 3 N–H and O–H groups in total. The Balaban J connectivity index is 0.00000180. The quantitative estimate of drug-likeness (QED) is 0.876. The fraction of sp³-hybridized carbons (Fsp3) is 0.615. The summed E-state index contributed by atoms with van der Waals surface area (Å²) in [5.41, 5.74) is 6.45. The smallest absolute Gasteiger partial charge is 0.268 e. The zero-order valence-electron chi connectivity index (χ0n) is 11.1. The van der Waals surface area contributed by atoms with Gasteiger partial charge in [-0.3, -0.25) is 4.79 Å². The summed E-state index contributed by atoms with van der Waals surface area (Å²) >= 11 is 3.41. The van der Waals surface area contributed by atoms with Gasteiger partial charge in [0, 0.05) is 23.3 Å². The van der Waals surface area contributed by atoms with E-state index < -0.39 is 0 Å². The number of aromatic nitrogens is 1. The highest BCUT2D eigenvalue weighted by Gasteiger charge is 2.28. The van der Waals surface area contributed by atoms with Crippen molar-refractivity contribution in [3.63, 3.8) is 0 Å². The molecule has 1 fully saturated rings. The lowest BCUT2D eigenvalue weighted by Gasteiger charge is -2.19. The molecule has 1 amide bonds. The zero-order chi connectivity index (χ0) is 13.1.